The van der Waals surface area contributed by atoms with E-state index in [1.807, 2.05) is 24.3 Å². The van der Waals surface area contributed by atoms with Crippen LogP contribution >= 0.6 is 0 Å². The van der Waals surface area contributed by atoms with E-state index >= 15 is 0 Å². The van der Waals surface area contributed by atoms with Gasteiger partial charge in [-0.25, -0.2) is 0 Å². The van der Waals surface area contributed by atoms with Gasteiger partial charge >= 0.3 is 0 Å². The quantitative estimate of drug-likeness (QED) is 0.928. The molecule has 0 unspecified atom stereocenters. The predicted octanol–water partition coefficient (Wildman–Crippen LogP) is 1.84. The fourth-order valence-electron chi connectivity index (χ4n) is 2.28. The van der Waals surface area contributed by atoms with Crippen LogP contribution < -0.4 is 5.32 Å². The number of carbonyl (C=O) groups is 1. The number of nitrogens with zero attached hydrogens (tertiary/aromatic N) is 2. The van der Waals surface area contributed by atoms with Crippen molar-refractivity contribution in [1.82, 2.24) is 15.5 Å². The highest BCUT2D eigenvalue weighted by Crippen LogP contribution is 2.16. The maximum atomic E-state index is 11.8. The third-order valence-electron chi connectivity index (χ3n) is 3.43. The van der Waals surface area contributed by atoms with Crippen LogP contribution in [0.4, 0.5) is 0 Å². The van der Waals surface area contributed by atoms with Gasteiger partial charge in [0.05, 0.1) is 0 Å². The highest BCUT2D eigenvalue weighted by molar-refractivity contribution is 5.80. The molecule has 1 atom stereocenters. The molecule has 3 rings (SSSR count). The second-order valence-corrected chi connectivity index (χ2v) is 5.05. The molecule has 1 aliphatic rings. The predicted molar refractivity (Wildman–Crippen MR) is 75.3 cm³/mol. The van der Waals surface area contributed by atoms with E-state index in [4.69, 9.17) is 9.26 Å². The molecular weight excluding hydrogens is 270 g/mol. The van der Waals surface area contributed by atoms with Gasteiger partial charge in [-0.2, -0.15) is 4.98 Å². The van der Waals surface area contributed by atoms with Crippen molar-refractivity contribution in [3.8, 4) is 11.4 Å². The van der Waals surface area contributed by atoms with E-state index in [-0.39, 0.29) is 12.0 Å². The fourth-order valence-corrected chi connectivity index (χ4v) is 2.28. The minimum atomic E-state index is -0.286. The number of aromatic nitrogens is 2. The molecule has 6 nitrogen and oxygen atoms in total. The molecule has 1 aromatic heterocycles. The summed E-state index contributed by atoms with van der Waals surface area (Å²) in [6.45, 7) is 2.92. The molecule has 110 valence electrons. The number of hydrogen-bond donors (Lipinski definition) is 1. The van der Waals surface area contributed by atoms with Crippen molar-refractivity contribution in [2.75, 3.05) is 6.61 Å². The summed E-state index contributed by atoms with van der Waals surface area (Å²) in [4.78, 5) is 16.0. The molecule has 0 aliphatic carbocycles. The van der Waals surface area contributed by atoms with Gasteiger partial charge in [0.25, 0.3) is 0 Å². The van der Waals surface area contributed by atoms with Crippen molar-refractivity contribution in [3.05, 3.63) is 35.7 Å². The molecule has 0 bridgehead atoms. The van der Waals surface area contributed by atoms with Gasteiger partial charge < -0.3 is 14.6 Å². The first-order chi connectivity index (χ1) is 10.2. The Labute approximate surface area is 122 Å². The third-order valence-corrected chi connectivity index (χ3v) is 3.43. The van der Waals surface area contributed by atoms with Gasteiger partial charge in [-0.1, -0.05) is 29.4 Å². The first kappa shape index (κ1) is 13.8. The molecule has 6 heteroatoms. The highest BCUT2D eigenvalue weighted by atomic mass is 16.5. The standard InChI is InChI=1S/C15H17N3O3/c1-10-17-14(18-21-10)12-6-4-11(5-7-12)9-16-15(19)13-3-2-8-20-13/h4-7,13H,2-3,8-9H2,1H3,(H,16,19)/t13-/m0/s1. The zero-order chi connectivity index (χ0) is 14.7. The van der Waals surface area contributed by atoms with Crippen molar-refractivity contribution in [1.29, 1.82) is 0 Å². The van der Waals surface area contributed by atoms with Crippen LogP contribution in [-0.4, -0.2) is 28.8 Å². The van der Waals surface area contributed by atoms with Gasteiger partial charge in [0.2, 0.25) is 17.6 Å². The maximum Gasteiger partial charge on any atom is 0.249 e. The number of aryl methyl sites for hydroxylation is 1. The lowest BCUT2D eigenvalue weighted by molar-refractivity contribution is -0.130. The second-order valence-electron chi connectivity index (χ2n) is 5.05. The van der Waals surface area contributed by atoms with E-state index in [1.165, 1.54) is 0 Å². The Morgan fingerprint density at radius 2 is 2.19 bits per heavy atom. The van der Waals surface area contributed by atoms with Crippen molar-refractivity contribution < 1.29 is 14.1 Å². The molecule has 1 amide bonds. The van der Waals surface area contributed by atoms with E-state index in [1.54, 1.807) is 6.92 Å². The molecule has 1 aliphatic heterocycles. The summed E-state index contributed by atoms with van der Waals surface area (Å²) in [7, 11) is 0. The topological polar surface area (TPSA) is 77.2 Å². The first-order valence-electron chi connectivity index (χ1n) is 7.01. The normalized spacial score (nSPS) is 17.9. The van der Waals surface area contributed by atoms with Gasteiger partial charge in [-0.15, -0.1) is 0 Å². The summed E-state index contributed by atoms with van der Waals surface area (Å²) in [5, 5.41) is 6.76. The number of nitrogens with one attached hydrogen (secondary N) is 1. The van der Waals surface area contributed by atoms with Crippen LogP contribution in [0.3, 0.4) is 0 Å². The first-order valence-corrected chi connectivity index (χ1v) is 7.01. The molecule has 1 aromatic carbocycles. The van der Waals surface area contributed by atoms with Crippen molar-refractivity contribution in [2.45, 2.75) is 32.4 Å². The minimum Gasteiger partial charge on any atom is -0.368 e. The van der Waals surface area contributed by atoms with Crippen LogP contribution in [-0.2, 0) is 16.1 Å². The van der Waals surface area contributed by atoms with Gasteiger partial charge in [0.1, 0.15) is 6.10 Å². The molecule has 1 saturated heterocycles. The fraction of sp³-hybridized carbons (Fsp3) is 0.400. The van der Waals surface area contributed by atoms with E-state index in [0.29, 0.717) is 24.9 Å². The molecule has 2 heterocycles. The Bertz CT molecular complexity index is 615. The van der Waals surface area contributed by atoms with Crippen LogP contribution in [0.25, 0.3) is 11.4 Å². The van der Waals surface area contributed by atoms with Crippen LogP contribution in [0.15, 0.2) is 28.8 Å². The average Bonchev–Trinajstić information content (AvgIpc) is 3.17. The van der Waals surface area contributed by atoms with Crippen LogP contribution in [0.2, 0.25) is 0 Å². The summed E-state index contributed by atoms with van der Waals surface area (Å²) >= 11 is 0. The van der Waals surface area contributed by atoms with E-state index < -0.39 is 0 Å². The van der Waals surface area contributed by atoms with E-state index in [2.05, 4.69) is 15.5 Å². The Morgan fingerprint density at radius 1 is 1.38 bits per heavy atom. The lowest BCUT2D eigenvalue weighted by atomic mass is 10.1. The summed E-state index contributed by atoms with van der Waals surface area (Å²) in [6, 6.07) is 7.71. The SMILES string of the molecule is Cc1nc(-c2ccc(CNC(=O)[C@@H]3CCCO3)cc2)no1. The zero-order valence-electron chi connectivity index (χ0n) is 11.8. The van der Waals surface area contributed by atoms with Gasteiger partial charge in [-0.05, 0) is 18.4 Å². The van der Waals surface area contributed by atoms with Crippen LogP contribution in [0.5, 0.6) is 0 Å². The Balaban J connectivity index is 1.58. The maximum absolute atomic E-state index is 11.8. The third kappa shape index (κ3) is 3.28. The van der Waals surface area contributed by atoms with Crippen LogP contribution in [0.1, 0.15) is 24.3 Å². The van der Waals surface area contributed by atoms with Gasteiger partial charge in [0, 0.05) is 25.6 Å². The number of rotatable bonds is 4. The molecule has 0 radical (unpaired) electrons. The minimum absolute atomic E-state index is 0.0367. The second kappa shape index (κ2) is 6.05. The summed E-state index contributed by atoms with van der Waals surface area (Å²) in [6.07, 6.45) is 1.48. The van der Waals surface area contributed by atoms with E-state index in [0.717, 1.165) is 24.0 Å². The monoisotopic (exact) mass is 287 g/mol. The molecule has 1 N–H and O–H groups in total. The summed E-state index contributed by atoms with van der Waals surface area (Å²) in [5.74, 6) is 1.07. The largest absolute Gasteiger partial charge is 0.368 e. The Morgan fingerprint density at radius 3 is 2.81 bits per heavy atom. The number of ether oxygens (including phenoxy) is 1. The van der Waals surface area contributed by atoms with Crippen molar-refractivity contribution in [3.63, 3.8) is 0 Å². The molecule has 2 aromatic rings. The molecule has 0 spiro atoms. The summed E-state index contributed by atoms with van der Waals surface area (Å²) in [5.41, 5.74) is 1.91. The molecular formula is C15H17N3O3. The number of carbonyl (C=O) groups excluding carboxylic acids is 1. The van der Waals surface area contributed by atoms with Crippen molar-refractivity contribution >= 4 is 5.91 Å². The smallest absolute Gasteiger partial charge is 0.249 e. The lowest BCUT2D eigenvalue weighted by Gasteiger charge is -2.10. The lowest BCUT2D eigenvalue weighted by Crippen LogP contribution is -2.33. The number of benzene rings is 1. The zero-order valence-corrected chi connectivity index (χ0v) is 11.8. The Kier molecular flexibility index (Phi) is 3.96. The average molecular weight is 287 g/mol. The van der Waals surface area contributed by atoms with Crippen molar-refractivity contribution in [2.24, 2.45) is 0 Å². The van der Waals surface area contributed by atoms with Gasteiger partial charge in [0.15, 0.2) is 0 Å². The number of hydrogen-bond acceptors (Lipinski definition) is 5. The molecule has 21 heavy (non-hydrogen) atoms. The highest BCUT2D eigenvalue weighted by Gasteiger charge is 2.22. The number of amides is 1. The van der Waals surface area contributed by atoms with E-state index in [9.17, 15) is 4.79 Å². The summed E-state index contributed by atoms with van der Waals surface area (Å²) < 4.78 is 10.3. The molecule has 0 saturated carbocycles. The molecule has 1 fully saturated rings. The van der Waals surface area contributed by atoms with Gasteiger partial charge in [-0.3, -0.25) is 4.79 Å². The Hall–Kier alpha value is -2.21. The van der Waals surface area contributed by atoms with Crippen LogP contribution in [0, 0.1) is 6.92 Å².